The van der Waals surface area contributed by atoms with Gasteiger partial charge in [0.1, 0.15) is 0 Å². The number of fused-ring (bicyclic) bond motifs is 5. The van der Waals surface area contributed by atoms with Gasteiger partial charge < -0.3 is 4.90 Å². The molecule has 0 atom stereocenters. The van der Waals surface area contributed by atoms with Crippen LogP contribution in [-0.4, -0.2) is 0 Å². The molecule has 0 saturated carbocycles. The Balaban J connectivity index is 1.33. The molecule has 9 aromatic rings. The molecule has 1 aliphatic carbocycles. The first kappa shape index (κ1) is 30.2. The van der Waals surface area contributed by atoms with Crippen LogP contribution in [0.15, 0.2) is 212 Å². The van der Waals surface area contributed by atoms with Crippen LogP contribution in [0.3, 0.4) is 0 Å². The summed E-state index contributed by atoms with van der Waals surface area (Å²) in [4.78, 5) is 2.53. The Labute approximate surface area is 304 Å². The highest BCUT2D eigenvalue weighted by atomic mass is 15.1. The SMILES string of the molecule is c1ccc(-c2ccc(N(c3cccc4c3-c3ccccc3C4(c3ccccc3)c3ccccc3)c3cccc4ccccc34)c3ccccc23)cc1. The van der Waals surface area contributed by atoms with Crippen molar-refractivity contribution in [1.82, 2.24) is 0 Å². The van der Waals surface area contributed by atoms with E-state index >= 15 is 0 Å². The van der Waals surface area contributed by atoms with E-state index in [1.807, 2.05) is 0 Å². The summed E-state index contributed by atoms with van der Waals surface area (Å²) in [5.41, 5.74) is 13.1. The highest BCUT2D eigenvalue weighted by Crippen LogP contribution is 2.60. The molecule has 0 heterocycles. The van der Waals surface area contributed by atoms with Crippen molar-refractivity contribution < 1.29 is 0 Å². The monoisotopic (exact) mass is 661 g/mol. The minimum atomic E-state index is -0.492. The zero-order valence-corrected chi connectivity index (χ0v) is 28.7. The molecule has 10 rings (SSSR count). The van der Waals surface area contributed by atoms with Gasteiger partial charge in [-0.2, -0.15) is 0 Å². The first-order chi connectivity index (χ1) is 25.8. The van der Waals surface area contributed by atoms with Crippen molar-refractivity contribution in [2.45, 2.75) is 5.41 Å². The lowest BCUT2D eigenvalue weighted by Crippen LogP contribution is -2.28. The van der Waals surface area contributed by atoms with E-state index in [0.29, 0.717) is 0 Å². The van der Waals surface area contributed by atoms with Crippen molar-refractivity contribution in [2.75, 3.05) is 4.90 Å². The number of anilines is 3. The molecule has 52 heavy (non-hydrogen) atoms. The maximum absolute atomic E-state index is 2.53. The van der Waals surface area contributed by atoms with Crippen molar-refractivity contribution in [3.8, 4) is 22.3 Å². The van der Waals surface area contributed by atoms with E-state index < -0.39 is 5.41 Å². The molecule has 0 amide bonds. The molecule has 0 N–H and O–H groups in total. The van der Waals surface area contributed by atoms with Gasteiger partial charge in [-0.15, -0.1) is 0 Å². The molecule has 0 saturated heterocycles. The van der Waals surface area contributed by atoms with E-state index in [2.05, 4.69) is 217 Å². The maximum atomic E-state index is 2.53. The molecule has 1 aliphatic rings. The predicted molar refractivity (Wildman–Crippen MR) is 219 cm³/mol. The summed E-state index contributed by atoms with van der Waals surface area (Å²) in [6.45, 7) is 0. The minimum absolute atomic E-state index is 0.492. The van der Waals surface area contributed by atoms with Gasteiger partial charge in [0.05, 0.1) is 22.5 Å². The summed E-state index contributed by atoms with van der Waals surface area (Å²) in [5.74, 6) is 0. The van der Waals surface area contributed by atoms with Gasteiger partial charge in [0, 0.05) is 16.3 Å². The fourth-order valence-electron chi connectivity index (χ4n) is 8.80. The third-order valence-corrected chi connectivity index (χ3v) is 10.9. The summed E-state index contributed by atoms with van der Waals surface area (Å²) < 4.78 is 0. The largest absolute Gasteiger partial charge is 0.309 e. The third kappa shape index (κ3) is 4.49. The molecule has 0 aromatic heterocycles. The molecular formula is C51H35N. The number of hydrogen-bond acceptors (Lipinski definition) is 1. The quantitative estimate of drug-likeness (QED) is 0.171. The Morgan fingerprint density at radius 2 is 0.827 bits per heavy atom. The topological polar surface area (TPSA) is 3.24 Å². The second-order valence-electron chi connectivity index (χ2n) is 13.6. The Morgan fingerprint density at radius 1 is 0.308 bits per heavy atom. The zero-order valence-electron chi connectivity index (χ0n) is 28.7. The molecule has 0 aliphatic heterocycles. The average molecular weight is 662 g/mol. The van der Waals surface area contributed by atoms with E-state index in [4.69, 9.17) is 0 Å². The Hall–Kier alpha value is -6.70. The van der Waals surface area contributed by atoms with Gasteiger partial charge >= 0.3 is 0 Å². The fraction of sp³-hybridized carbons (Fsp3) is 0.0196. The highest BCUT2D eigenvalue weighted by molar-refractivity contribution is 6.11. The molecule has 0 spiro atoms. The van der Waals surface area contributed by atoms with Gasteiger partial charge in [-0.05, 0) is 67.9 Å². The van der Waals surface area contributed by atoms with Crippen LogP contribution in [0.1, 0.15) is 22.3 Å². The van der Waals surface area contributed by atoms with Crippen LogP contribution in [0.4, 0.5) is 17.1 Å². The second-order valence-corrected chi connectivity index (χ2v) is 13.6. The number of benzene rings is 9. The Kier molecular flexibility index (Phi) is 7.11. The first-order valence-corrected chi connectivity index (χ1v) is 18.0. The normalized spacial score (nSPS) is 12.8. The number of hydrogen-bond donors (Lipinski definition) is 0. The molecule has 0 bridgehead atoms. The van der Waals surface area contributed by atoms with Gasteiger partial charge in [0.2, 0.25) is 0 Å². The average Bonchev–Trinajstić information content (AvgIpc) is 3.54. The molecule has 1 nitrogen and oxygen atoms in total. The molecule has 0 radical (unpaired) electrons. The van der Waals surface area contributed by atoms with Crippen molar-refractivity contribution >= 4 is 38.6 Å². The van der Waals surface area contributed by atoms with E-state index in [1.165, 1.54) is 66.1 Å². The van der Waals surface area contributed by atoms with Crippen LogP contribution in [0.5, 0.6) is 0 Å². The minimum Gasteiger partial charge on any atom is -0.309 e. The van der Waals surface area contributed by atoms with Crippen molar-refractivity contribution in [1.29, 1.82) is 0 Å². The van der Waals surface area contributed by atoms with Gasteiger partial charge in [-0.1, -0.05) is 194 Å². The summed E-state index contributed by atoms with van der Waals surface area (Å²) in [5, 5.41) is 4.86. The molecule has 0 unspecified atom stereocenters. The first-order valence-electron chi connectivity index (χ1n) is 18.0. The highest BCUT2D eigenvalue weighted by Gasteiger charge is 2.47. The second kappa shape index (κ2) is 12.3. The molecule has 244 valence electrons. The van der Waals surface area contributed by atoms with Crippen LogP contribution < -0.4 is 4.90 Å². The van der Waals surface area contributed by atoms with Crippen molar-refractivity contribution in [3.63, 3.8) is 0 Å². The smallest absolute Gasteiger partial charge is 0.0714 e. The molecule has 0 fully saturated rings. The summed E-state index contributed by atoms with van der Waals surface area (Å²) in [7, 11) is 0. The van der Waals surface area contributed by atoms with Crippen molar-refractivity contribution in [2.24, 2.45) is 0 Å². The molecular weight excluding hydrogens is 627 g/mol. The lowest BCUT2D eigenvalue weighted by atomic mass is 9.68. The van der Waals surface area contributed by atoms with Crippen LogP contribution in [0.25, 0.3) is 43.8 Å². The molecule has 1 heteroatoms. The predicted octanol–water partition coefficient (Wildman–Crippen LogP) is 13.5. The lowest BCUT2D eigenvalue weighted by molar-refractivity contribution is 0.768. The van der Waals surface area contributed by atoms with Gasteiger partial charge in [-0.25, -0.2) is 0 Å². The maximum Gasteiger partial charge on any atom is 0.0714 e. The summed E-state index contributed by atoms with van der Waals surface area (Å²) >= 11 is 0. The van der Waals surface area contributed by atoms with Crippen LogP contribution in [-0.2, 0) is 5.41 Å². The zero-order chi connectivity index (χ0) is 34.5. The van der Waals surface area contributed by atoms with Gasteiger partial charge in [-0.3, -0.25) is 0 Å². The number of nitrogens with zero attached hydrogens (tertiary/aromatic N) is 1. The van der Waals surface area contributed by atoms with E-state index in [1.54, 1.807) is 0 Å². The molecule has 9 aromatic carbocycles. The van der Waals surface area contributed by atoms with E-state index in [-0.39, 0.29) is 0 Å². The standard InChI is InChI=1S/C51H35N/c1-4-18-36(19-5-1)40-34-35-48(43-28-13-12-27-42(40)43)52(47-32-16-21-37-20-10-11-26-41(37)47)49-33-17-31-46-50(49)44-29-14-15-30-45(44)51(46,38-22-6-2-7-23-38)39-24-8-3-9-25-39/h1-35H. The lowest BCUT2D eigenvalue weighted by Gasteiger charge is -2.34. The Morgan fingerprint density at radius 3 is 1.58 bits per heavy atom. The third-order valence-electron chi connectivity index (χ3n) is 10.9. The van der Waals surface area contributed by atoms with Crippen LogP contribution >= 0.6 is 0 Å². The number of rotatable bonds is 6. The van der Waals surface area contributed by atoms with E-state index in [9.17, 15) is 0 Å². The summed E-state index contributed by atoms with van der Waals surface area (Å²) in [6, 6.07) is 77.8. The van der Waals surface area contributed by atoms with Crippen molar-refractivity contribution in [3.05, 3.63) is 235 Å². The van der Waals surface area contributed by atoms with E-state index in [0.717, 1.165) is 17.1 Å². The fourth-order valence-corrected chi connectivity index (χ4v) is 8.80. The van der Waals surface area contributed by atoms with Crippen LogP contribution in [0, 0.1) is 0 Å². The van der Waals surface area contributed by atoms with Gasteiger partial charge in [0.15, 0.2) is 0 Å². The van der Waals surface area contributed by atoms with Crippen LogP contribution in [0.2, 0.25) is 0 Å². The Bertz CT molecular complexity index is 2690. The summed E-state index contributed by atoms with van der Waals surface area (Å²) in [6.07, 6.45) is 0. The van der Waals surface area contributed by atoms with Gasteiger partial charge in [0.25, 0.3) is 0 Å².